The molecule has 5 nitrogen and oxygen atoms in total. The van der Waals surface area contributed by atoms with E-state index in [1.54, 1.807) is 12.1 Å². The van der Waals surface area contributed by atoms with Crippen LogP contribution in [0.25, 0.3) is 0 Å². The Morgan fingerprint density at radius 3 is 2.76 bits per heavy atom. The molecule has 8 heteroatoms. The second-order valence-corrected chi connectivity index (χ2v) is 4.64. The molecule has 0 saturated carbocycles. The molecule has 0 aliphatic carbocycles. The van der Waals surface area contributed by atoms with Crippen molar-refractivity contribution >= 4 is 50.7 Å². The molecule has 0 aliphatic rings. The van der Waals surface area contributed by atoms with Crippen LogP contribution in [0.1, 0.15) is 10.5 Å². The quantitative estimate of drug-likeness (QED) is 0.828. The van der Waals surface area contributed by atoms with E-state index in [0.717, 1.165) is 0 Å². The number of carbonyl (C=O) groups excluding carboxylic acids is 1. The predicted octanol–water partition coefficient (Wildman–Crippen LogP) is 3.13. The molecule has 0 spiro atoms. The fourth-order valence-corrected chi connectivity index (χ4v) is 1.94. The van der Waals surface area contributed by atoms with Gasteiger partial charge in [-0.3, -0.25) is 4.79 Å². The van der Waals surface area contributed by atoms with E-state index in [0.29, 0.717) is 15.2 Å². The van der Waals surface area contributed by atoms with Crippen LogP contribution in [-0.2, 0) is 0 Å². The number of carbonyl (C=O) groups is 1. The van der Waals surface area contributed by atoms with Crippen LogP contribution in [0.3, 0.4) is 0 Å². The number of H-pyrrole nitrogens is 1. The molecule has 2 rings (SSSR count). The smallest absolute Gasteiger partial charge is 0.277 e. The van der Waals surface area contributed by atoms with Crippen LogP contribution in [-0.4, -0.2) is 21.3 Å². The zero-order chi connectivity index (χ0) is 12.4. The molecule has 1 aromatic carbocycles. The SMILES string of the molecule is O=C(Nc1ccc(Br)c(Cl)c1Cl)c1cn[nH]n1. The number of hydrogen-bond acceptors (Lipinski definition) is 3. The molecule has 0 atom stereocenters. The number of amides is 1. The van der Waals surface area contributed by atoms with E-state index in [4.69, 9.17) is 23.2 Å². The fourth-order valence-electron chi connectivity index (χ4n) is 1.12. The van der Waals surface area contributed by atoms with Gasteiger partial charge in [-0.25, -0.2) is 0 Å². The van der Waals surface area contributed by atoms with Crippen molar-refractivity contribution in [1.29, 1.82) is 0 Å². The van der Waals surface area contributed by atoms with Gasteiger partial charge >= 0.3 is 0 Å². The number of nitrogens with zero attached hydrogens (tertiary/aromatic N) is 2. The molecule has 1 aromatic heterocycles. The molecule has 1 heterocycles. The van der Waals surface area contributed by atoms with Gasteiger partial charge in [-0.1, -0.05) is 23.2 Å². The first-order valence-electron chi connectivity index (χ1n) is 4.40. The van der Waals surface area contributed by atoms with E-state index >= 15 is 0 Å². The molecule has 88 valence electrons. The third-order valence-corrected chi connectivity index (χ3v) is 3.70. The minimum atomic E-state index is -0.418. The summed E-state index contributed by atoms with van der Waals surface area (Å²) in [6, 6.07) is 3.32. The van der Waals surface area contributed by atoms with E-state index in [1.807, 2.05) is 0 Å². The largest absolute Gasteiger partial charge is 0.319 e. The van der Waals surface area contributed by atoms with Crippen LogP contribution in [0, 0.1) is 0 Å². The molecule has 2 N–H and O–H groups in total. The molecular formula is C9H5BrCl2N4O. The molecule has 0 unspecified atom stereocenters. The summed E-state index contributed by atoms with van der Waals surface area (Å²) in [6.07, 6.45) is 1.31. The lowest BCUT2D eigenvalue weighted by atomic mass is 10.3. The summed E-state index contributed by atoms with van der Waals surface area (Å²) in [5.41, 5.74) is 0.577. The summed E-state index contributed by atoms with van der Waals surface area (Å²) in [7, 11) is 0. The van der Waals surface area contributed by atoms with Crippen molar-refractivity contribution in [3.05, 3.63) is 38.5 Å². The van der Waals surface area contributed by atoms with Crippen LogP contribution in [0.15, 0.2) is 22.8 Å². The maximum absolute atomic E-state index is 11.7. The van der Waals surface area contributed by atoms with Crippen LogP contribution in [0.5, 0.6) is 0 Å². The Bertz CT molecular complexity index is 558. The highest BCUT2D eigenvalue weighted by Gasteiger charge is 2.13. The maximum atomic E-state index is 11.7. The molecule has 1 amide bonds. The minimum absolute atomic E-state index is 0.167. The van der Waals surface area contributed by atoms with E-state index in [1.165, 1.54) is 6.20 Å². The zero-order valence-electron chi connectivity index (χ0n) is 8.17. The van der Waals surface area contributed by atoms with E-state index in [-0.39, 0.29) is 10.7 Å². The summed E-state index contributed by atoms with van der Waals surface area (Å²) in [5, 5.41) is 12.7. The number of aromatic amines is 1. The summed E-state index contributed by atoms with van der Waals surface area (Å²) in [5.74, 6) is -0.418. The first-order valence-corrected chi connectivity index (χ1v) is 5.95. The molecule has 0 fully saturated rings. The van der Waals surface area contributed by atoms with E-state index in [2.05, 4.69) is 36.7 Å². The average molecular weight is 336 g/mol. The van der Waals surface area contributed by atoms with E-state index < -0.39 is 5.91 Å². The number of nitrogens with one attached hydrogen (secondary N) is 2. The standard InChI is InChI=1S/C9H5BrCl2N4O/c10-4-1-2-5(8(12)7(4)11)14-9(17)6-3-13-16-15-6/h1-3H,(H,14,17)(H,13,15,16). The van der Waals surface area contributed by atoms with Crippen molar-refractivity contribution in [2.45, 2.75) is 0 Å². The number of rotatable bonds is 2. The normalized spacial score (nSPS) is 10.3. The van der Waals surface area contributed by atoms with Crippen LogP contribution in [0.4, 0.5) is 5.69 Å². The topological polar surface area (TPSA) is 70.7 Å². The van der Waals surface area contributed by atoms with Crippen molar-refractivity contribution in [3.8, 4) is 0 Å². The third-order valence-electron chi connectivity index (χ3n) is 1.93. The van der Waals surface area contributed by atoms with Crippen LogP contribution in [0.2, 0.25) is 10.0 Å². The first-order chi connectivity index (χ1) is 8.09. The highest BCUT2D eigenvalue weighted by atomic mass is 79.9. The molecule has 0 radical (unpaired) electrons. The monoisotopic (exact) mass is 334 g/mol. The van der Waals surface area contributed by atoms with Gasteiger partial charge in [0.25, 0.3) is 5.91 Å². The van der Waals surface area contributed by atoms with Gasteiger partial charge in [0.05, 0.1) is 21.9 Å². The summed E-state index contributed by atoms with van der Waals surface area (Å²) in [6.45, 7) is 0. The summed E-state index contributed by atoms with van der Waals surface area (Å²) < 4.78 is 0.656. The van der Waals surface area contributed by atoms with Gasteiger partial charge in [-0.15, -0.1) is 0 Å². The Morgan fingerprint density at radius 1 is 1.35 bits per heavy atom. The van der Waals surface area contributed by atoms with Crippen molar-refractivity contribution in [2.24, 2.45) is 0 Å². The maximum Gasteiger partial charge on any atom is 0.277 e. The van der Waals surface area contributed by atoms with Crippen LogP contribution >= 0.6 is 39.1 Å². The van der Waals surface area contributed by atoms with Crippen molar-refractivity contribution in [1.82, 2.24) is 15.4 Å². The molecule has 17 heavy (non-hydrogen) atoms. The Morgan fingerprint density at radius 2 is 2.12 bits per heavy atom. The Balaban J connectivity index is 2.25. The minimum Gasteiger partial charge on any atom is -0.319 e. The Labute approximate surface area is 115 Å². The Kier molecular flexibility index (Phi) is 3.66. The van der Waals surface area contributed by atoms with Gasteiger partial charge in [0, 0.05) is 4.47 Å². The third kappa shape index (κ3) is 2.59. The summed E-state index contributed by atoms with van der Waals surface area (Å²) in [4.78, 5) is 11.7. The zero-order valence-corrected chi connectivity index (χ0v) is 11.3. The molecular weight excluding hydrogens is 331 g/mol. The molecule has 2 aromatic rings. The van der Waals surface area contributed by atoms with Crippen molar-refractivity contribution in [2.75, 3.05) is 5.32 Å². The van der Waals surface area contributed by atoms with Crippen LogP contribution < -0.4 is 5.32 Å². The van der Waals surface area contributed by atoms with Crippen molar-refractivity contribution < 1.29 is 4.79 Å². The lowest BCUT2D eigenvalue weighted by Gasteiger charge is -2.07. The summed E-state index contributed by atoms with van der Waals surface area (Å²) >= 11 is 15.1. The molecule has 0 bridgehead atoms. The number of aromatic nitrogens is 3. The highest BCUT2D eigenvalue weighted by molar-refractivity contribution is 9.10. The average Bonchev–Trinajstić information content (AvgIpc) is 2.83. The number of anilines is 1. The highest BCUT2D eigenvalue weighted by Crippen LogP contribution is 2.35. The number of hydrogen-bond donors (Lipinski definition) is 2. The van der Waals surface area contributed by atoms with E-state index in [9.17, 15) is 4.79 Å². The van der Waals surface area contributed by atoms with Gasteiger partial charge in [0.15, 0.2) is 5.69 Å². The van der Waals surface area contributed by atoms with Gasteiger partial charge in [-0.2, -0.15) is 15.4 Å². The van der Waals surface area contributed by atoms with Gasteiger partial charge in [-0.05, 0) is 28.1 Å². The number of benzene rings is 1. The van der Waals surface area contributed by atoms with Gasteiger partial charge in [0.1, 0.15) is 0 Å². The Hall–Kier alpha value is -1.11. The first kappa shape index (κ1) is 12.3. The van der Waals surface area contributed by atoms with Gasteiger partial charge < -0.3 is 5.32 Å². The lowest BCUT2D eigenvalue weighted by Crippen LogP contribution is -2.12. The van der Waals surface area contributed by atoms with Gasteiger partial charge in [0.2, 0.25) is 0 Å². The lowest BCUT2D eigenvalue weighted by molar-refractivity contribution is 0.102. The predicted molar refractivity (Wildman–Crippen MR) is 68.5 cm³/mol. The molecule has 0 aliphatic heterocycles. The number of halogens is 3. The molecule has 0 saturated heterocycles. The fraction of sp³-hybridized carbons (Fsp3) is 0. The van der Waals surface area contributed by atoms with Crippen molar-refractivity contribution in [3.63, 3.8) is 0 Å². The second kappa shape index (κ2) is 5.03. The second-order valence-electron chi connectivity index (χ2n) is 3.03.